The number of para-hydroxylation sites is 1. The van der Waals surface area contributed by atoms with Crippen LogP contribution in [-0.2, 0) is 10.0 Å². The topological polar surface area (TPSA) is 81.7 Å². The zero-order chi connectivity index (χ0) is 16.4. The molecule has 8 heteroatoms. The van der Waals surface area contributed by atoms with E-state index in [4.69, 9.17) is 9.47 Å². The standard InChI is InChI=1S/C15H12FNO5S/c16-11-5-1-2-7-13(11)23(19,20)17-15(18)10-4-3-6-12-14(10)22-9-8-21-12/h1-7H,8-9H2,(H,17,18). The van der Waals surface area contributed by atoms with Crippen LogP contribution in [0.5, 0.6) is 11.5 Å². The van der Waals surface area contributed by atoms with Crippen LogP contribution in [-0.4, -0.2) is 27.5 Å². The van der Waals surface area contributed by atoms with E-state index < -0.39 is 26.6 Å². The molecule has 23 heavy (non-hydrogen) atoms. The van der Waals surface area contributed by atoms with Crippen molar-refractivity contribution in [3.8, 4) is 11.5 Å². The van der Waals surface area contributed by atoms with Crippen LogP contribution in [0.3, 0.4) is 0 Å². The number of rotatable bonds is 3. The fourth-order valence-corrected chi connectivity index (χ4v) is 3.19. The highest BCUT2D eigenvalue weighted by molar-refractivity contribution is 7.90. The number of hydrogen-bond acceptors (Lipinski definition) is 5. The van der Waals surface area contributed by atoms with E-state index in [1.807, 2.05) is 4.72 Å². The molecule has 1 amide bonds. The molecule has 0 aromatic heterocycles. The number of carbonyl (C=O) groups is 1. The molecule has 0 saturated heterocycles. The Morgan fingerprint density at radius 1 is 1.04 bits per heavy atom. The summed E-state index contributed by atoms with van der Waals surface area (Å²) in [4.78, 5) is 11.7. The number of amides is 1. The summed E-state index contributed by atoms with van der Waals surface area (Å²) in [5.41, 5.74) is 0.00196. The maximum atomic E-state index is 13.6. The molecule has 0 fully saturated rings. The summed E-state index contributed by atoms with van der Waals surface area (Å²) in [7, 11) is -4.34. The predicted molar refractivity (Wildman–Crippen MR) is 78.5 cm³/mol. The van der Waals surface area contributed by atoms with Crippen molar-refractivity contribution in [1.82, 2.24) is 4.72 Å². The van der Waals surface area contributed by atoms with Gasteiger partial charge in [0, 0.05) is 0 Å². The smallest absolute Gasteiger partial charge is 0.268 e. The third-order valence-electron chi connectivity index (χ3n) is 3.16. The zero-order valence-corrected chi connectivity index (χ0v) is 12.6. The Kier molecular flexibility index (Phi) is 3.91. The Morgan fingerprint density at radius 3 is 2.57 bits per heavy atom. The first kappa shape index (κ1) is 15.3. The van der Waals surface area contributed by atoms with Crippen molar-refractivity contribution in [3.63, 3.8) is 0 Å². The molecule has 0 saturated carbocycles. The van der Waals surface area contributed by atoms with E-state index in [0.717, 1.165) is 12.1 Å². The first-order chi connectivity index (χ1) is 11.0. The average molecular weight is 337 g/mol. The van der Waals surface area contributed by atoms with Crippen LogP contribution in [0.25, 0.3) is 0 Å². The van der Waals surface area contributed by atoms with Crippen LogP contribution in [0, 0.1) is 5.82 Å². The van der Waals surface area contributed by atoms with Gasteiger partial charge in [-0.3, -0.25) is 4.79 Å². The molecular formula is C15H12FNO5S. The molecule has 0 bridgehead atoms. The van der Waals surface area contributed by atoms with Crippen molar-refractivity contribution < 1.29 is 27.1 Å². The van der Waals surface area contributed by atoms with Gasteiger partial charge in [0.25, 0.3) is 15.9 Å². The molecule has 2 aromatic rings. The van der Waals surface area contributed by atoms with Crippen LogP contribution in [0.1, 0.15) is 10.4 Å². The van der Waals surface area contributed by atoms with Gasteiger partial charge in [0.2, 0.25) is 0 Å². The van der Waals surface area contributed by atoms with Crippen molar-refractivity contribution >= 4 is 15.9 Å². The Bertz CT molecular complexity index is 866. The van der Waals surface area contributed by atoms with E-state index in [-0.39, 0.29) is 17.9 Å². The number of halogens is 1. The van der Waals surface area contributed by atoms with E-state index >= 15 is 0 Å². The molecule has 0 radical (unpaired) electrons. The van der Waals surface area contributed by atoms with E-state index in [1.165, 1.54) is 24.3 Å². The number of carbonyl (C=O) groups excluding carboxylic acids is 1. The van der Waals surface area contributed by atoms with Gasteiger partial charge in [0.15, 0.2) is 11.5 Å². The second-order valence-electron chi connectivity index (χ2n) is 4.69. The molecule has 6 nitrogen and oxygen atoms in total. The number of benzene rings is 2. The zero-order valence-electron chi connectivity index (χ0n) is 11.8. The minimum Gasteiger partial charge on any atom is -0.486 e. The summed E-state index contributed by atoms with van der Waals surface area (Å²) in [5.74, 6) is -1.34. The third kappa shape index (κ3) is 2.98. The van der Waals surface area contributed by atoms with Crippen molar-refractivity contribution in [2.45, 2.75) is 4.90 Å². The predicted octanol–water partition coefficient (Wildman–Crippen LogP) is 1.72. The van der Waals surface area contributed by atoms with Crippen LogP contribution in [0.4, 0.5) is 4.39 Å². The number of hydrogen-bond donors (Lipinski definition) is 1. The molecule has 0 unspecified atom stereocenters. The van der Waals surface area contributed by atoms with Crippen molar-refractivity contribution in [2.75, 3.05) is 13.2 Å². The Labute approximate surface area is 131 Å². The quantitative estimate of drug-likeness (QED) is 0.922. The normalized spacial score (nSPS) is 13.4. The fraction of sp³-hybridized carbons (Fsp3) is 0.133. The lowest BCUT2D eigenvalue weighted by molar-refractivity contribution is 0.0970. The highest BCUT2D eigenvalue weighted by Crippen LogP contribution is 2.33. The van der Waals surface area contributed by atoms with Gasteiger partial charge in [0.05, 0.1) is 5.56 Å². The summed E-state index contributed by atoms with van der Waals surface area (Å²) in [6.07, 6.45) is 0. The lowest BCUT2D eigenvalue weighted by Gasteiger charge is -2.20. The summed E-state index contributed by atoms with van der Waals surface area (Å²) < 4.78 is 50.5. The van der Waals surface area contributed by atoms with E-state index in [1.54, 1.807) is 6.07 Å². The first-order valence-corrected chi connectivity index (χ1v) is 8.17. The van der Waals surface area contributed by atoms with Gasteiger partial charge in [-0.15, -0.1) is 0 Å². The number of sulfonamides is 1. The maximum Gasteiger partial charge on any atom is 0.268 e. The average Bonchev–Trinajstić information content (AvgIpc) is 2.54. The Hall–Kier alpha value is -2.61. The second-order valence-corrected chi connectivity index (χ2v) is 6.35. The number of ether oxygens (including phenoxy) is 2. The summed E-state index contributed by atoms with van der Waals surface area (Å²) >= 11 is 0. The van der Waals surface area contributed by atoms with Crippen LogP contribution in [0.2, 0.25) is 0 Å². The second kappa shape index (κ2) is 5.88. The van der Waals surface area contributed by atoms with E-state index in [0.29, 0.717) is 12.4 Å². The summed E-state index contributed by atoms with van der Waals surface area (Å²) in [6.45, 7) is 0.586. The summed E-state index contributed by atoms with van der Waals surface area (Å²) in [6, 6.07) is 9.35. The van der Waals surface area contributed by atoms with Crippen LogP contribution >= 0.6 is 0 Å². The molecule has 1 aliphatic heterocycles. The van der Waals surface area contributed by atoms with E-state index in [2.05, 4.69) is 0 Å². The van der Waals surface area contributed by atoms with Crippen molar-refractivity contribution in [2.24, 2.45) is 0 Å². The molecule has 120 valence electrons. The monoisotopic (exact) mass is 337 g/mol. The number of fused-ring (bicyclic) bond motifs is 1. The highest BCUT2D eigenvalue weighted by atomic mass is 32.2. The molecule has 1 aliphatic rings. The molecule has 0 atom stereocenters. The van der Waals surface area contributed by atoms with Gasteiger partial charge in [-0.1, -0.05) is 18.2 Å². The molecular weight excluding hydrogens is 325 g/mol. The van der Waals surface area contributed by atoms with Crippen LogP contribution < -0.4 is 14.2 Å². The summed E-state index contributed by atoms with van der Waals surface area (Å²) in [5, 5.41) is 0. The lowest BCUT2D eigenvalue weighted by Crippen LogP contribution is -2.32. The lowest BCUT2D eigenvalue weighted by atomic mass is 10.1. The van der Waals surface area contributed by atoms with Crippen molar-refractivity contribution in [3.05, 3.63) is 53.8 Å². The van der Waals surface area contributed by atoms with Gasteiger partial charge < -0.3 is 9.47 Å². The van der Waals surface area contributed by atoms with E-state index in [9.17, 15) is 17.6 Å². The van der Waals surface area contributed by atoms with Crippen LogP contribution in [0.15, 0.2) is 47.4 Å². The SMILES string of the molecule is O=C(NS(=O)(=O)c1ccccc1F)c1cccc2c1OCCO2. The minimum atomic E-state index is -4.34. The fourth-order valence-electron chi connectivity index (χ4n) is 2.15. The van der Waals surface area contributed by atoms with Crippen molar-refractivity contribution in [1.29, 1.82) is 0 Å². The first-order valence-electron chi connectivity index (χ1n) is 6.69. The highest BCUT2D eigenvalue weighted by Gasteiger charge is 2.26. The molecule has 3 rings (SSSR count). The molecule has 1 N–H and O–H groups in total. The largest absolute Gasteiger partial charge is 0.486 e. The minimum absolute atomic E-state index is 0.00196. The molecule has 2 aromatic carbocycles. The Morgan fingerprint density at radius 2 is 1.78 bits per heavy atom. The molecule has 0 aliphatic carbocycles. The Balaban J connectivity index is 1.92. The maximum absolute atomic E-state index is 13.6. The molecule has 1 heterocycles. The third-order valence-corrected chi connectivity index (χ3v) is 4.53. The van der Waals surface area contributed by atoms with Gasteiger partial charge in [0.1, 0.15) is 23.9 Å². The molecule has 0 spiro atoms. The van der Waals surface area contributed by atoms with Gasteiger partial charge in [-0.05, 0) is 24.3 Å². The van der Waals surface area contributed by atoms with Gasteiger partial charge >= 0.3 is 0 Å². The number of nitrogens with one attached hydrogen (secondary N) is 1. The van der Waals surface area contributed by atoms with Gasteiger partial charge in [-0.25, -0.2) is 17.5 Å². The van der Waals surface area contributed by atoms with Gasteiger partial charge in [-0.2, -0.15) is 0 Å².